The van der Waals surface area contributed by atoms with Crippen LogP contribution in [-0.2, 0) is 15.4 Å². The highest BCUT2D eigenvalue weighted by molar-refractivity contribution is 7.89. The van der Waals surface area contributed by atoms with Gasteiger partial charge in [0.1, 0.15) is 5.75 Å². The van der Waals surface area contributed by atoms with Gasteiger partial charge in [-0.15, -0.1) is 0 Å². The van der Waals surface area contributed by atoms with Crippen LogP contribution in [0.1, 0.15) is 18.4 Å². The summed E-state index contributed by atoms with van der Waals surface area (Å²) in [6.07, 6.45) is 3.91. The van der Waals surface area contributed by atoms with E-state index in [1.54, 1.807) is 6.07 Å². The Morgan fingerprint density at radius 1 is 1.23 bits per heavy atom. The van der Waals surface area contributed by atoms with Crippen molar-refractivity contribution in [3.8, 4) is 5.75 Å². The molecule has 1 saturated carbocycles. The Bertz CT molecular complexity index is 1070. The van der Waals surface area contributed by atoms with Crippen molar-refractivity contribution in [1.82, 2.24) is 9.71 Å². The standard InChI is InChI=1S/C19H19ClN2O3S/c1-25-18-7-6-13(10-16(18)20)26(23,24)22-12-19(8-9-19)15-11-21-17-5-3-2-4-14(15)17/h2-7,10-11,21-22H,8-9,12H2,1H3. The molecule has 0 unspecified atom stereocenters. The number of rotatable bonds is 6. The molecule has 1 aromatic heterocycles. The molecule has 0 amide bonds. The number of benzene rings is 2. The molecule has 0 saturated heterocycles. The summed E-state index contributed by atoms with van der Waals surface area (Å²) in [6.45, 7) is 0.362. The second-order valence-corrected chi connectivity index (χ2v) is 8.82. The average molecular weight is 391 g/mol. The summed E-state index contributed by atoms with van der Waals surface area (Å²) in [6, 6.07) is 12.5. The first-order chi connectivity index (χ1) is 12.5. The monoisotopic (exact) mass is 390 g/mol. The van der Waals surface area contributed by atoms with Gasteiger partial charge in [-0.2, -0.15) is 0 Å². The number of H-pyrrole nitrogens is 1. The molecule has 4 rings (SSSR count). The number of halogens is 1. The van der Waals surface area contributed by atoms with Crippen LogP contribution >= 0.6 is 11.6 Å². The first-order valence-corrected chi connectivity index (χ1v) is 10.2. The highest BCUT2D eigenvalue weighted by atomic mass is 35.5. The van der Waals surface area contributed by atoms with Gasteiger partial charge in [0, 0.05) is 29.1 Å². The molecular formula is C19H19ClN2O3S. The summed E-state index contributed by atoms with van der Waals surface area (Å²) >= 11 is 6.06. The van der Waals surface area contributed by atoms with Crippen LogP contribution in [0.3, 0.4) is 0 Å². The van der Waals surface area contributed by atoms with E-state index < -0.39 is 10.0 Å². The van der Waals surface area contributed by atoms with Crippen LogP contribution in [-0.4, -0.2) is 27.1 Å². The fourth-order valence-corrected chi connectivity index (χ4v) is 4.81. The number of hydrogen-bond donors (Lipinski definition) is 2. The van der Waals surface area contributed by atoms with Crippen molar-refractivity contribution in [2.75, 3.05) is 13.7 Å². The fourth-order valence-electron chi connectivity index (χ4n) is 3.33. The minimum atomic E-state index is -3.65. The Kier molecular flexibility index (Phi) is 4.22. The Morgan fingerprint density at radius 3 is 2.69 bits per heavy atom. The molecule has 1 aliphatic carbocycles. The molecule has 0 bridgehead atoms. The normalized spacial score (nSPS) is 15.9. The molecular weight excluding hydrogens is 372 g/mol. The zero-order valence-electron chi connectivity index (χ0n) is 14.3. The number of nitrogens with one attached hydrogen (secondary N) is 2. The van der Waals surface area contributed by atoms with Crippen LogP contribution in [0.15, 0.2) is 53.6 Å². The topological polar surface area (TPSA) is 71.2 Å². The lowest BCUT2D eigenvalue weighted by Gasteiger charge is -2.16. The lowest BCUT2D eigenvalue weighted by atomic mass is 9.96. The number of sulfonamides is 1. The summed E-state index contributed by atoms with van der Waals surface area (Å²) in [7, 11) is -2.15. The summed E-state index contributed by atoms with van der Waals surface area (Å²) in [4.78, 5) is 3.41. The van der Waals surface area contributed by atoms with Gasteiger partial charge in [0.15, 0.2) is 0 Å². The zero-order chi connectivity index (χ0) is 18.4. The van der Waals surface area contributed by atoms with Gasteiger partial charge in [-0.3, -0.25) is 0 Å². The number of para-hydroxylation sites is 1. The first-order valence-electron chi connectivity index (χ1n) is 8.35. The van der Waals surface area contributed by atoms with Gasteiger partial charge in [0.05, 0.1) is 17.0 Å². The zero-order valence-corrected chi connectivity index (χ0v) is 15.8. The highest BCUT2D eigenvalue weighted by Gasteiger charge is 2.46. The maximum atomic E-state index is 12.7. The number of hydrogen-bond acceptors (Lipinski definition) is 3. The van der Waals surface area contributed by atoms with Gasteiger partial charge in [-0.05, 0) is 42.7 Å². The smallest absolute Gasteiger partial charge is 0.240 e. The van der Waals surface area contributed by atoms with Crippen molar-refractivity contribution >= 4 is 32.5 Å². The van der Waals surface area contributed by atoms with Crippen molar-refractivity contribution in [3.05, 3.63) is 59.2 Å². The van der Waals surface area contributed by atoms with Crippen LogP contribution in [0.4, 0.5) is 0 Å². The Hall–Kier alpha value is -2.02. The maximum absolute atomic E-state index is 12.7. The lowest BCUT2D eigenvalue weighted by Crippen LogP contribution is -2.32. The minimum absolute atomic E-state index is 0.137. The van der Waals surface area contributed by atoms with E-state index in [0.29, 0.717) is 12.3 Å². The van der Waals surface area contributed by atoms with E-state index >= 15 is 0 Å². The lowest BCUT2D eigenvalue weighted by molar-refractivity contribution is 0.414. The Labute approximate surface area is 157 Å². The molecule has 2 aromatic carbocycles. The van der Waals surface area contributed by atoms with E-state index in [1.165, 1.54) is 24.8 Å². The minimum Gasteiger partial charge on any atom is -0.495 e. The van der Waals surface area contributed by atoms with Crippen LogP contribution in [0, 0.1) is 0 Å². The van der Waals surface area contributed by atoms with Gasteiger partial charge in [0.25, 0.3) is 0 Å². The predicted molar refractivity (Wildman–Crippen MR) is 102 cm³/mol. The summed E-state index contributed by atoms with van der Waals surface area (Å²) in [5.74, 6) is 0.447. The van der Waals surface area contributed by atoms with Crippen LogP contribution in [0.2, 0.25) is 5.02 Å². The van der Waals surface area contributed by atoms with E-state index in [1.807, 2.05) is 24.4 Å². The fraction of sp³-hybridized carbons (Fsp3) is 0.263. The van der Waals surface area contributed by atoms with Crippen molar-refractivity contribution in [2.24, 2.45) is 0 Å². The molecule has 0 atom stereocenters. The molecule has 1 fully saturated rings. The van der Waals surface area contributed by atoms with Gasteiger partial charge < -0.3 is 9.72 Å². The predicted octanol–water partition coefficient (Wildman–Crippen LogP) is 3.84. The molecule has 0 radical (unpaired) electrons. The van der Waals surface area contributed by atoms with Gasteiger partial charge in [0.2, 0.25) is 10.0 Å². The number of ether oxygens (including phenoxy) is 1. The molecule has 1 heterocycles. The average Bonchev–Trinajstić information content (AvgIpc) is 3.30. The number of fused-ring (bicyclic) bond motifs is 1. The molecule has 26 heavy (non-hydrogen) atoms. The molecule has 0 spiro atoms. The highest BCUT2D eigenvalue weighted by Crippen LogP contribution is 2.50. The van der Waals surface area contributed by atoms with Crippen molar-refractivity contribution in [3.63, 3.8) is 0 Å². The summed E-state index contributed by atoms with van der Waals surface area (Å²) in [5, 5.41) is 1.42. The quantitative estimate of drug-likeness (QED) is 0.671. The van der Waals surface area contributed by atoms with Gasteiger partial charge >= 0.3 is 0 Å². The second-order valence-electron chi connectivity index (χ2n) is 6.65. The molecule has 0 aliphatic heterocycles. The van der Waals surface area contributed by atoms with E-state index in [0.717, 1.165) is 23.7 Å². The summed E-state index contributed by atoms with van der Waals surface area (Å²) < 4.78 is 33.2. The molecule has 2 N–H and O–H groups in total. The Balaban J connectivity index is 1.57. The third-order valence-corrected chi connectivity index (χ3v) is 6.74. The van der Waals surface area contributed by atoms with E-state index in [2.05, 4.69) is 15.8 Å². The third kappa shape index (κ3) is 2.98. The van der Waals surface area contributed by atoms with Gasteiger partial charge in [-0.1, -0.05) is 29.8 Å². The molecule has 1 aliphatic rings. The third-order valence-electron chi connectivity index (χ3n) is 5.05. The second kappa shape index (κ2) is 6.30. The number of methoxy groups -OCH3 is 1. The largest absolute Gasteiger partial charge is 0.495 e. The molecule has 3 aromatic rings. The molecule has 7 heteroatoms. The Morgan fingerprint density at radius 2 is 2.00 bits per heavy atom. The van der Waals surface area contributed by atoms with E-state index in [-0.39, 0.29) is 15.3 Å². The SMILES string of the molecule is COc1ccc(S(=O)(=O)NCC2(c3c[nH]c4ccccc34)CC2)cc1Cl. The van der Waals surface area contributed by atoms with Crippen LogP contribution < -0.4 is 9.46 Å². The van der Waals surface area contributed by atoms with Crippen molar-refractivity contribution in [1.29, 1.82) is 0 Å². The van der Waals surface area contributed by atoms with Crippen molar-refractivity contribution in [2.45, 2.75) is 23.2 Å². The van der Waals surface area contributed by atoms with Crippen molar-refractivity contribution < 1.29 is 13.2 Å². The van der Waals surface area contributed by atoms with Crippen LogP contribution in [0.5, 0.6) is 5.75 Å². The van der Waals surface area contributed by atoms with E-state index in [9.17, 15) is 8.42 Å². The van der Waals surface area contributed by atoms with Gasteiger partial charge in [-0.25, -0.2) is 13.1 Å². The maximum Gasteiger partial charge on any atom is 0.240 e. The van der Waals surface area contributed by atoms with Crippen LogP contribution in [0.25, 0.3) is 10.9 Å². The molecule has 5 nitrogen and oxygen atoms in total. The molecule has 136 valence electrons. The first kappa shape index (κ1) is 17.4. The number of aromatic amines is 1. The number of aromatic nitrogens is 1. The van der Waals surface area contributed by atoms with E-state index in [4.69, 9.17) is 16.3 Å². The summed E-state index contributed by atoms with van der Waals surface area (Å²) in [5.41, 5.74) is 2.09.